The predicted molar refractivity (Wildman–Crippen MR) is 51.7 cm³/mol. The maximum atomic E-state index is 13.3. The van der Waals surface area contributed by atoms with Crippen molar-refractivity contribution in [3.8, 4) is 0 Å². The van der Waals surface area contributed by atoms with Crippen molar-refractivity contribution in [2.45, 2.75) is 6.04 Å². The van der Waals surface area contributed by atoms with Crippen LogP contribution in [0.5, 0.6) is 0 Å². The molecule has 0 spiro atoms. The van der Waals surface area contributed by atoms with Gasteiger partial charge in [0, 0.05) is 10.6 Å². The molecule has 74 valence electrons. The van der Waals surface area contributed by atoms with Crippen LogP contribution < -0.4 is 5.73 Å². The Labute approximate surface area is 85.3 Å². The van der Waals surface area contributed by atoms with Gasteiger partial charge < -0.3 is 10.5 Å². The second-order valence-electron chi connectivity index (χ2n) is 2.96. The number of nitrogens with two attached hydrogens (primary N) is 1. The minimum Gasteiger partial charge on any atom is -0.463 e. The fourth-order valence-electron chi connectivity index (χ4n) is 1.32. The fourth-order valence-corrected chi connectivity index (χ4v) is 1.50. The molecular weight excluding hydrogens is 207 g/mol. The largest absolute Gasteiger partial charge is 0.463 e. The molecule has 1 atom stereocenters. The summed E-state index contributed by atoms with van der Waals surface area (Å²) >= 11 is 5.74. The normalized spacial score (nSPS) is 20.4. The lowest BCUT2D eigenvalue weighted by Gasteiger charge is -2.06. The molecule has 3 nitrogen and oxygen atoms in total. The molecule has 0 amide bonds. The van der Waals surface area contributed by atoms with Crippen molar-refractivity contribution < 1.29 is 9.13 Å². The number of ether oxygens (including phenoxy) is 1. The molecule has 0 aromatic heterocycles. The molecule has 0 aliphatic carbocycles. The SMILES string of the molecule is NC1=N[C@@H](c2cc(Cl)ccc2F)CO1. The number of amidine groups is 1. The number of benzene rings is 1. The van der Waals surface area contributed by atoms with Gasteiger partial charge in [-0.3, -0.25) is 0 Å². The van der Waals surface area contributed by atoms with Gasteiger partial charge in [0.05, 0.1) is 0 Å². The van der Waals surface area contributed by atoms with E-state index in [4.69, 9.17) is 22.1 Å². The summed E-state index contributed by atoms with van der Waals surface area (Å²) in [4.78, 5) is 3.93. The molecule has 0 saturated carbocycles. The zero-order valence-corrected chi connectivity index (χ0v) is 7.96. The second kappa shape index (κ2) is 3.46. The van der Waals surface area contributed by atoms with E-state index in [1.165, 1.54) is 18.2 Å². The predicted octanol–water partition coefficient (Wildman–Crippen LogP) is 1.87. The standard InChI is InChI=1S/C9H8ClFN2O/c10-5-1-2-7(11)6(3-5)8-4-14-9(12)13-8/h1-3,8H,4H2,(H2,12,13)/t8-/m1/s1. The van der Waals surface area contributed by atoms with E-state index in [9.17, 15) is 4.39 Å². The monoisotopic (exact) mass is 214 g/mol. The second-order valence-corrected chi connectivity index (χ2v) is 3.40. The number of rotatable bonds is 1. The average molecular weight is 215 g/mol. The van der Waals surface area contributed by atoms with E-state index in [0.717, 1.165) is 0 Å². The Morgan fingerprint density at radius 2 is 2.36 bits per heavy atom. The Balaban J connectivity index is 2.36. The van der Waals surface area contributed by atoms with Gasteiger partial charge in [0.1, 0.15) is 18.5 Å². The summed E-state index contributed by atoms with van der Waals surface area (Å²) in [7, 11) is 0. The molecule has 14 heavy (non-hydrogen) atoms. The lowest BCUT2D eigenvalue weighted by molar-refractivity contribution is 0.312. The van der Waals surface area contributed by atoms with Gasteiger partial charge >= 0.3 is 0 Å². The highest BCUT2D eigenvalue weighted by atomic mass is 35.5. The van der Waals surface area contributed by atoms with Crippen molar-refractivity contribution in [1.29, 1.82) is 0 Å². The minimum absolute atomic E-state index is 0.0920. The van der Waals surface area contributed by atoms with Crippen LogP contribution in [0.2, 0.25) is 5.02 Å². The summed E-state index contributed by atoms with van der Waals surface area (Å²) in [6.07, 6.45) is 0. The van der Waals surface area contributed by atoms with E-state index in [0.29, 0.717) is 10.6 Å². The van der Waals surface area contributed by atoms with Gasteiger partial charge in [-0.15, -0.1) is 0 Å². The van der Waals surface area contributed by atoms with E-state index >= 15 is 0 Å². The molecule has 0 unspecified atom stereocenters. The zero-order valence-electron chi connectivity index (χ0n) is 7.21. The first-order valence-electron chi connectivity index (χ1n) is 4.08. The first kappa shape index (κ1) is 9.27. The molecule has 0 radical (unpaired) electrons. The van der Waals surface area contributed by atoms with Gasteiger partial charge in [-0.1, -0.05) is 11.6 Å². The average Bonchev–Trinajstić information content (AvgIpc) is 2.56. The third-order valence-electron chi connectivity index (χ3n) is 1.99. The van der Waals surface area contributed by atoms with E-state index in [1.807, 2.05) is 0 Å². The van der Waals surface area contributed by atoms with Crippen LogP contribution in [0.1, 0.15) is 11.6 Å². The van der Waals surface area contributed by atoms with Crippen LogP contribution in [-0.4, -0.2) is 12.6 Å². The Morgan fingerprint density at radius 3 is 3.00 bits per heavy atom. The van der Waals surface area contributed by atoms with E-state index in [-0.39, 0.29) is 24.5 Å². The number of hydrogen-bond donors (Lipinski definition) is 1. The first-order valence-corrected chi connectivity index (χ1v) is 4.45. The Bertz CT molecular complexity index is 394. The van der Waals surface area contributed by atoms with E-state index < -0.39 is 0 Å². The molecule has 1 aliphatic heterocycles. The molecule has 2 rings (SSSR count). The van der Waals surface area contributed by atoms with Gasteiger partial charge in [-0.2, -0.15) is 0 Å². The molecule has 1 aliphatic rings. The van der Waals surface area contributed by atoms with Gasteiger partial charge in [0.15, 0.2) is 0 Å². The third-order valence-corrected chi connectivity index (χ3v) is 2.22. The summed E-state index contributed by atoms with van der Waals surface area (Å²) in [6.45, 7) is 0.267. The minimum atomic E-state index is -0.381. The Kier molecular flexibility index (Phi) is 2.29. The van der Waals surface area contributed by atoms with Crippen molar-refractivity contribution in [3.63, 3.8) is 0 Å². The van der Waals surface area contributed by atoms with Crippen molar-refractivity contribution in [1.82, 2.24) is 0 Å². The van der Waals surface area contributed by atoms with Crippen LogP contribution in [0, 0.1) is 5.82 Å². The Hall–Kier alpha value is -1.29. The summed E-state index contributed by atoms with van der Waals surface area (Å²) in [5.41, 5.74) is 5.74. The molecule has 2 N–H and O–H groups in total. The first-order chi connectivity index (χ1) is 6.66. The van der Waals surface area contributed by atoms with E-state index in [2.05, 4.69) is 4.99 Å². The quantitative estimate of drug-likeness (QED) is 0.776. The summed E-state index contributed by atoms with van der Waals surface area (Å²) in [6, 6.07) is 4.04. The smallest absolute Gasteiger partial charge is 0.282 e. The molecule has 1 heterocycles. The summed E-state index contributed by atoms with van der Waals surface area (Å²) < 4.78 is 18.3. The van der Waals surface area contributed by atoms with Crippen molar-refractivity contribution in [2.24, 2.45) is 10.7 Å². The maximum absolute atomic E-state index is 13.3. The van der Waals surface area contributed by atoms with E-state index in [1.54, 1.807) is 0 Å². The molecular formula is C9H8ClFN2O. The number of hydrogen-bond acceptors (Lipinski definition) is 3. The van der Waals surface area contributed by atoms with Gasteiger partial charge in [0.2, 0.25) is 0 Å². The van der Waals surface area contributed by atoms with Gasteiger partial charge in [0.25, 0.3) is 6.02 Å². The van der Waals surface area contributed by atoms with Crippen molar-refractivity contribution in [2.75, 3.05) is 6.61 Å². The lowest BCUT2D eigenvalue weighted by atomic mass is 10.1. The van der Waals surface area contributed by atoms with Crippen molar-refractivity contribution >= 4 is 17.6 Å². The van der Waals surface area contributed by atoms with Crippen LogP contribution in [-0.2, 0) is 4.74 Å². The molecule has 0 fully saturated rings. The Morgan fingerprint density at radius 1 is 1.57 bits per heavy atom. The van der Waals surface area contributed by atoms with Crippen molar-refractivity contribution in [3.05, 3.63) is 34.6 Å². The fraction of sp³-hybridized carbons (Fsp3) is 0.222. The summed E-state index contributed by atoms with van der Waals surface area (Å²) in [5, 5.41) is 0.474. The molecule has 5 heteroatoms. The topological polar surface area (TPSA) is 47.6 Å². The number of nitrogens with zero attached hydrogens (tertiary/aromatic N) is 1. The highest BCUT2D eigenvalue weighted by Gasteiger charge is 2.21. The van der Waals surface area contributed by atoms with Crippen LogP contribution in [0.25, 0.3) is 0 Å². The molecule has 1 aromatic carbocycles. The molecule has 0 bridgehead atoms. The molecule has 1 aromatic rings. The van der Waals surface area contributed by atoms with Crippen LogP contribution in [0.3, 0.4) is 0 Å². The van der Waals surface area contributed by atoms with Gasteiger partial charge in [-0.05, 0) is 18.2 Å². The van der Waals surface area contributed by atoms with Gasteiger partial charge in [-0.25, -0.2) is 9.38 Å². The van der Waals surface area contributed by atoms with Crippen LogP contribution >= 0.6 is 11.6 Å². The zero-order chi connectivity index (χ0) is 10.1. The summed E-state index contributed by atoms with van der Waals surface area (Å²) in [5.74, 6) is -0.346. The van der Waals surface area contributed by atoms with Crippen LogP contribution in [0.4, 0.5) is 4.39 Å². The third kappa shape index (κ3) is 1.65. The van der Waals surface area contributed by atoms with Crippen LogP contribution in [0.15, 0.2) is 23.2 Å². The highest BCUT2D eigenvalue weighted by molar-refractivity contribution is 6.30. The molecule has 0 saturated heterocycles. The lowest BCUT2D eigenvalue weighted by Crippen LogP contribution is -2.10. The number of aliphatic imine (C=N–C) groups is 1. The highest BCUT2D eigenvalue weighted by Crippen LogP contribution is 2.26. The number of halogens is 2. The maximum Gasteiger partial charge on any atom is 0.282 e.